The number of piperidine rings is 1. The van der Waals surface area contributed by atoms with Crippen molar-refractivity contribution < 1.29 is 0 Å². The van der Waals surface area contributed by atoms with Crippen LogP contribution in [0.4, 0.5) is 5.82 Å². The topological polar surface area (TPSA) is 28.2 Å². The second-order valence-corrected chi connectivity index (χ2v) is 6.94. The van der Waals surface area contributed by atoms with Crippen LogP contribution in [0.1, 0.15) is 31.4 Å². The van der Waals surface area contributed by atoms with Gasteiger partial charge in [-0.2, -0.15) is 0 Å². The van der Waals surface area contributed by atoms with Gasteiger partial charge in [-0.05, 0) is 54.3 Å². The molecule has 2 aromatic carbocycles. The highest BCUT2D eigenvalue weighted by atomic mass is 15.2. The Bertz CT molecular complexity index is 823. The van der Waals surface area contributed by atoms with E-state index in [1.807, 2.05) is 12.3 Å². The Morgan fingerprint density at radius 3 is 2.48 bits per heavy atom. The van der Waals surface area contributed by atoms with Crippen LogP contribution in [0.5, 0.6) is 0 Å². The van der Waals surface area contributed by atoms with Crippen LogP contribution >= 0.6 is 0 Å². The molecule has 0 bridgehead atoms. The van der Waals surface area contributed by atoms with Gasteiger partial charge in [0.05, 0.1) is 0 Å². The van der Waals surface area contributed by atoms with E-state index in [1.165, 1.54) is 16.3 Å². The van der Waals surface area contributed by atoms with E-state index in [9.17, 15) is 0 Å². The zero-order chi connectivity index (χ0) is 17.1. The molecule has 0 aliphatic carbocycles. The van der Waals surface area contributed by atoms with Gasteiger partial charge in [-0.15, -0.1) is 0 Å². The van der Waals surface area contributed by atoms with Crippen molar-refractivity contribution in [2.45, 2.75) is 31.8 Å². The summed E-state index contributed by atoms with van der Waals surface area (Å²) in [5.74, 6) is 1.10. The largest absolute Gasteiger partial charge is 0.357 e. The van der Waals surface area contributed by atoms with Gasteiger partial charge in [-0.25, -0.2) is 4.98 Å². The Morgan fingerprint density at radius 1 is 0.960 bits per heavy atom. The summed E-state index contributed by atoms with van der Waals surface area (Å²) in [6.07, 6.45) is 4.20. The minimum absolute atomic E-state index is 0.371. The molecule has 25 heavy (non-hydrogen) atoms. The molecule has 1 atom stereocenters. The van der Waals surface area contributed by atoms with Crippen LogP contribution in [-0.2, 0) is 0 Å². The van der Waals surface area contributed by atoms with Gasteiger partial charge in [0.2, 0.25) is 0 Å². The SMILES string of the molecule is CC(NC1CCN(c2ccccn2)CC1)c1ccc2ccccc2c1. The van der Waals surface area contributed by atoms with Crippen molar-refractivity contribution in [1.82, 2.24) is 10.3 Å². The van der Waals surface area contributed by atoms with Gasteiger partial charge in [0.15, 0.2) is 0 Å². The molecular formula is C22H25N3. The van der Waals surface area contributed by atoms with Crippen LogP contribution in [0.2, 0.25) is 0 Å². The molecule has 128 valence electrons. The quantitative estimate of drug-likeness (QED) is 0.760. The predicted octanol–water partition coefficient (Wildman–Crippen LogP) is 4.55. The van der Waals surface area contributed by atoms with E-state index >= 15 is 0 Å². The van der Waals surface area contributed by atoms with Crippen LogP contribution in [0.15, 0.2) is 66.9 Å². The molecule has 1 fully saturated rings. The molecule has 4 rings (SSSR count). The molecule has 0 radical (unpaired) electrons. The summed E-state index contributed by atoms with van der Waals surface area (Å²) in [4.78, 5) is 6.86. The van der Waals surface area contributed by atoms with Crippen molar-refractivity contribution in [3.63, 3.8) is 0 Å². The average Bonchev–Trinajstić information content (AvgIpc) is 2.69. The third-order valence-electron chi connectivity index (χ3n) is 5.23. The smallest absolute Gasteiger partial charge is 0.128 e. The molecular weight excluding hydrogens is 306 g/mol. The molecule has 1 saturated heterocycles. The molecule has 2 heterocycles. The number of benzene rings is 2. The molecule has 1 aliphatic rings. The molecule has 1 aliphatic heterocycles. The van der Waals surface area contributed by atoms with E-state index in [0.717, 1.165) is 31.7 Å². The van der Waals surface area contributed by atoms with Gasteiger partial charge in [0, 0.05) is 31.4 Å². The summed E-state index contributed by atoms with van der Waals surface area (Å²) in [6.45, 7) is 4.41. The first-order chi connectivity index (χ1) is 12.3. The standard InChI is InChI=1S/C22H25N3/c1-17(19-10-9-18-6-2-3-7-20(18)16-19)24-21-11-14-25(15-12-21)22-8-4-5-13-23-22/h2-10,13,16-17,21,24H,11-12,14-15H2,1H3. The van der Waals surface area contributed by atoms with Crippen LogP contribution in [0, 0.1) is 0 Å². The number of aromatic nitrogens is 1. The van der Waals surface area contributed by atoms with Gasteiger partial charge >= 0.3 is 0 Å². The third-order valence-corrected chi connectivity index (χ3v) is 5.23. The average molecular weight is 331 g/mol. The summed E-state index contributed by atoms with van der Waals surface area (Å²) in [7, 11) is 0. The van der Waals surface area contributed by atoms with Crippen LogP contribution < -0.4 is 10.2 Å². The van der Waals surface area contributed by atoms with E-state index in [2.05, 4.69) is 76.7 Å². The lowest BCUT2D eigenvalue weighted by Gasteiger charge is -2.34. The fourth-order valence-corrected chi connectivity index (χ4v) is 3.74. The fraction of sp³-hybridized carbons (Fsp3) is 0.318. The van der Waals surface area contributed by atoms with Crippen molar-refractivity contribution in [3.8, 4) is 0 Å². The third kappa shape index (κ3) is 3.67. The lowest BCUT2D eigenvalue weighted by molar-refractivity contribution is 0.380. The number of rotatable bonds is 4. The maximum Gasteiger partial charge on any atom is 0.128 e. The normalized spacial score (nSPS) is 16.9. The zero-order valence-corrected chi connectivity index (χ0v) is 14.7. The van der Waals surface area contributed by atoms with Crippen molar-refractivity contribution in [2.75, 3.05) is 18.0 Å². The van der Waals surface area contributed by atoms with Gasteiger partial charge in [0.1, 0.15) is 5.82 Å². The molecule has 3 heteroatoms. The highest BCUT2D eigenvalue weighted by Gasteiger charge is 2.21. The number of nitrogens with one attached hydrogen (secondary N) is 1. The molecule has 0 spiro atoms. The molecule has 1 aromatic heterocycles. The lowest BCUT2D eigenvalue weighted by atomic mass is 9.99. The van der Waals surface area contributed by atoms with E-state index < -0.39 is 0 Å². The van der Waals surface area contributed by atoms with Crippen molar-refractivity contribution in [2.24, 2.45) is 0 Å². The number of nitrogens with zero attached hydrogens (tertiary/aromatic N) is 2. The number of fused-ring (bicyclic) bond motifs is 1. The molecule has 0 amide bonds. The monoisotopic (exact) mass is 331 g/mol. The maximum atomic E-state index is 4.47. The van der Waals surface area contributed by atoms with Crippen LogP contribution in [-0.4, -0.2) is 24.1 Å². The lowest BCUT2D eigenvalue weighted by Crippen LogP contribution is -2.43. The van der Waals surface area contributed by atoms with Gasteiger partial charge in [-0.3, -0.25) is 0 Å². The Kier molecular flexibility index (Phi) is 4.66. The van der Waals surface area contributed by atoms with Crippen LogP contribution in [0.25, 0.3) is 10.8 Å². The number of hydrogen-bond acceptors (Lipinski definition) is 3. The highest BCUT2D eigenvalue weighted by Crippen LogP contribution is 2.23. The van der Waals surface area contributed by atoms with E-state index in [-0.39, 0.29) is 0 Å². The van der Waals surface area contributed by atoms with Gasteiger partial charge in [-0.1, -0.05) is 42.5 Å². The summed E-state index contributed by atoms with van der Waals surface area (Å²) in [5, 5.41) is 6.45. The summed E-state index contributed by atoms with van der Waals surface area (Å²) in [5.41, 5.74) is 1.37. The fourth-order valence-electron chi connectivity index (χ4n) is 3.74. The van der Waals surface area contributed by atoms with E-state index in [1.54, 1.807) is 0 Å². The van der Waals surface area contributed by atoms with E-state index in [0.29, 0.717) is 12.1 Å². The van der Waals surface area contributed by atoms with Gasteiger partial charge < -0.3 is 10.2 Å². The molecule has 1 N–H and O–H groups in total. The maximum absolute atomic E-state index is 4.47. The molecule has 1 unspecified atom stereocenters. The number of hydrogen-bond donors (Lipinski definition) is 1. The zero-order valence-electron chi connectivity index (χ0n) is 14.7. The number of anilines is 1. The summed E-state index contributed by atoms with van der Waals surface area (Å²) >= 11 is 0. The van der Waals surface area contributed by atoms with Gasteiger partial charge in [0.25, 0.3) is 0 Å². The Labute approximate surface area is 149 Å². The minimum Gasteiger partial charge on any atom is -0.357 e. The van der Waals surface area contributed by atoms with Crippen molar-refractivity contribution in [1.29, 1.82) is 0 Å². The summed E-state index contributed by atoms with van der Waals surface area (Å²) in [6, 6.07) is 22.4. The second kappa shape index (κ2) is 7.24. The first kappa shape index (κ1) is 16.1. The predicted molar refractivity (Wildman–Crippen MR) is 105 cm³/mol. The highest BCUT2D eigenvalue weighted by molar-refractivity contribution is 5.83. The van der Waals surface area contributed by atoms with Crippen molar-refractivity contribution in [3.05, 3.63) is 72.4 Å². The number of pyridine rings is 1. The van der Waals surface area contributed by atoms with E-state index in [4.69, 9.17) is 0 Å². The first-order valence-corrected chi connectivity index (χ1v) is 9.20. The van der Waals surface area contributed by atoms with Crippen LogP contribution in [0.3, 0.4) is 0 Å². The minimum atomic E-state index is 0.371. The first-order valence-electron chi connectivity index (χ1n) is 9.20. The molecule has 3 nitrogen and oxygen atoms in total. The Morgan fingerprint density at radius 2 is 1.72 bits per heavy atom. The molecule has 3 aromatic rings. The van der Waals surface area contributed by atoms with Crippen molar-refractivity contribution >= 4 is 16.6 Å². The Balaban J connectivity index is 1.37. The second-order valence-electron chi connectivity index (χ2n) is 6.94. The Hall–Kier alpha value is -2.39. The summed E-state index contributed by atoms with van der Waals surface area (Å²) < 4.78 is 0. The molecule has 0 saturated carbocycles.